The van der Waals surface area contributed by atoms with Gasteiger partial charge in [-0.15, -0.1) is 0 Å². The molecule has 1 heterocycles. The van der Waals surface area contributed by atoms with E-state index in [9.17, 15) is 14.6 Å². The number of halogens is 1. The molecule has 5 heteroatoms. The molecule has 0 fully saturated rings. The van der Waals surface area contributed by atoms with Crippen molar-refractivity contribution in [1.29, 1.82) is 0 Å². The molecule has 1 aliphatic rings. The molecule has 1 aliphatic heterocycles. The van der Waals surface area contributed by atoms with Gasteiger partial charge in [-0.2, -0.15) is 0 Å². The van der Waals surface area contributed by atoms with Crippen LogP contribution in [0.5, 0.6) is 17.2 Å². The summed E-state index contributed by atoms with van der Waals surface area (Å²) in [5.74, 6) is -1.51. The van der Waals surface area contributed by atoms with Crippen LogP contribution in [0, 0.1) is 0 Å². The topological polar surface area (TPSA) is 58.9 Å². The van der Waals surface area contributed by atoms with E-state index in [0.717, 1.165) is 11.1 Å². The number of alkyl halides is 1. The zero-order valence-electron chi connectivity index (χ0n) is 12.6. The predicted molar refractivity (Wildman–Crippen MR) is 84.3 cm³/mol. The fourth-order valence-corrected chi connectivity index (χ4v) is 2.58. The van der Waals surface area contributed by atoms with E-state index in [-0.39, 0.29) is 23.9 Å². The summed E-state index contributed by atoms with van der Waals surface area (Å²) in [7, 11) is 0. The van der Waals surface area contributed by atoms with Crippen LogP contribution in [0.1, 0.15) is 18.1 Å². The Morgan fingerprint density at radius 3 is 2.61 bits per heavy atom. The Morgan fingerprint density at radius 1 is 1.17 bits per heavy atom. The van der Waals surface area contributed by atoms with Gasteiger partial charge in [0, 0.05) is 12.5 Å². The van der Waals surface area contributed by atoms with E-state index >= 15 is 0 Å². The van der Waals surface area contributed by atoms with Crippen LogP contribution in [-0.4, -0.2) is 29.3 Å². The quantitative estimate of drug-likeness (QED) is 0.909. The van der Waals surface area contributed by atoms with E-state index in [1.165, 1.54) is 13.0 Å². The summed E-state index contributed by atoms with van der Waals surface area (Å²) >= 11 is 0. The Bertz CT molecular complexity index is 738. The molecule has 23 heavy (non-hydrogen) atoms. The zero-order chi connectivity index (χ0) is 16.4. The zero-order valence-corrected chi connectivity index (χ0v) is 12.6. The van der Waals surface area contributed by atoms with Gasteiger partial charge in [-0.1, -0.05) is 30.3 Å². The maximum atomic E-state index is 12.4. The molecular formula is C18H17FO4. The van der Waals surface area contributed by atoms with Crippen molar-refractivity contribution in [3.63, 3.8) is 0 Å². The van der Waals surface area contributed by atoms with E-state index in [0.29, 0.717) is 5.56 Å². The van der Waals surface area contributed by atoms with Crippen molar-refractivity contribution in [2.75, 3.05) is 13.3 Å². The lowest BCUT2D eigenvalue weighted by Crippen LogP contribution is -2.32. The number of phenols is 1. The molecule has 0 radical (unpaired) electrons. The minimum absolute atomic E-state index is 0.0296. The molecule has 2 N–H and O–H groups in total. The Labute approximate surface area is 133 Å². The van der Waals surface area contributed by atoms with Gasteiger partial charge in [0.25, 0.3) is 0 Å². The molecule has 0 aliphatic carbocycles. The lowest BCUT2D eigenvalue weighted by atomic mass is 9.92. The molecule has 2 aromatic carbocycles. The first-order valence-electron chi connectivity index (χ1n) is 7.26. The first-order valence-corrected chi connectivity index (χ1v) is 7.26. The first-order chi connectivity index (χ1) is 11.0. The molecular weight excluding hydrogens is 299 g/mol. The highest BCUT2D eigenvalue weighted by molar-refractivity contribution is 5.86. The minimum Gasteiger partial charge on any atom is -0.504 e. The maximum Gasteiger partial charge on any atom is 0.226 e. The number of hydrogen-bond acceptors (Lipinski definition) is 4. The second-order valence-electron chi connectivity index (χ2n) is 5.41. The highest BCUT2D eigenvalue weighted by Gasteiger charge is 2.32. The largest absolute Gasteiger partial charge is 0.504 e. The van der Waals surface area contributed by atoms with Gasteiger partial charge in [0.15, 0.2) is 11.5 Å². The molecule has 0 amide bonds. The van der Waals surface area contributed by atoms with Gasteiger partial charge in [-0.3, -0.25) is 0 Å². The van der Waals surface area contributed by atoms with Crippen LogP contribution in [0.3, 0.4) is 0 Å². The monoisotopic (exact) mass is 316 g/mol. The second kappa shape index (κ2) is 5.93. The number of aromatic hydroxyl groups is 1. The van der Waals surface area contributed by atoms with E-state index < -0.39 is 12.5 Å². The van der Waals surface area contributed by atoms with Gasteiger partial charge in [-0.05, 0) is 29.3 Å². The summed E-state index contributed by atoms with van der Waals surface area (Å²) in [6, 6.07) is 12.6. The Balaban J connectivity index is 2.17. The molecule has 0 spiro atoms. The number of ether oxygens (including phenoxy) is 2. The van der Waals surface area contributed by atoms with Crippen LogP contribution >= 0.6 is 0 Å². The summed E-state index contributed by atoms with van der Waals surface area (Å²) < 4.78 is 23.3. The fraction of sp³-hybridized carbons (Fsp3) is 0.222. The third kappa shape index (κ3) is 3.00. The molecule has 1 atom stereocenters. The molecule has 4 nitrogen and oxygen atoms in total. The van der Waals surface area contributed by atoms with Crippen molar-refractivity contribution in [2.24, 2.45) is 0 Å². The van der Waals surface area contributed by atoms with Crippen molar-refractivity contribution in [1.82, 2.24) is 0 Å². The van der Waals surface area contributed by atoms with Crippen molar-refractivity contribution < 1.29 is 24.1 Å². The van der Waals surface area contributed by atoms with E-state index in [1.54, 1.807) is 12.1 Å². The Kier molecular flexibility index (Phi) is 3.96. The number of aliphatic hydroxyl groups is 1. The van der Waals surface area contributed by atoms with Gasteiger partial charge in [0.1, 0.15) is 13.3 Å². The van der Waals surface area contributed by atoms with Crippen LogP contribution in [0.4, 0.5) is 4.39 Å². The molecule has 0 saturated heterocycles. The van der Waals surface area contributed by atoms with Crippen molar-refractivity contribution in [3.8, 4) is 17.2 Å². The number of hydrogen-bond donors (Lipinski definition) is 2. The van der Waals surface area contributed by atoms with Crippen LogP contribution < -0.4 is 9.47 Å². The molecule has 120 valence electrons. The molecule has 3 rings (SSSR count). The lowest BCUT2D eigenvalue weighted by Gasteiger charge is -2.31. The normalized spacial score (nSPS) is 19.5. The molecule has 2 aromatic rings. The molecule has 0 bridgehead atoms. The van der Waals surface area contributed by atoms with Crippen molar-refractivity contribution in [3.05, 3.63) is 59.7 Å². The Morgan fingerprint density at radius 2 is 1.91 bits per heavy atom. The second-order valence-corrected chi connectivity index (χ2v) is 5.41. The minimum atomic E-state index is -1.57. The van der Waals surface area contributed by atoms with Crippen LogP contribution in [0.2, 0.25) is 0 Å². The predicted octanol–water partition coefficient (Wildman–Crippen LogP) is 3.27. The van der Waals surface area contributed by atoms with Crippen LogP contribution in [0.15, 0.2) is 48.5 Å². The van der Waals surface area contributed by atoms with Gasteiger partial charge >= 0.3 is 0 Å². The van der Waals surface area contributed by atoms with Gasteiger partial charge in [0.2, 0.25) is 11.5 Å². The summed E-state index contributed by atoms with van der Waals surface area (Å²) in [6.45, 7) is 0.586. The third-order valence-electron chi connectivity index (χ3n) is 3.51. The van der Waals surface area contributed by atoms with Crippen LogP contribution in [0.25, 0.3) is 5.57 Å². The third-order valence-corrected chi connectivity index (χ3v) is 3.51. The number of benzene rings is 2. The summed E-state index contributed by atoms with van der Waals surface area (Å²) in [5, 5.41) is 20.4. The van der Waals surface area contributed by atoms with E-state index in [2.05, 4.69) is 0 Å². The van der Waals surface area contributed by atoms with E-state index in [1.807, 2.05) is 30.3 Å². The summed E-state index contributed by atoms with van der Waals surface area (Å²) in [6.07, 6.45) is 1.60. The SMILES string of the molecule is CC1(O)C=C(c2ccccc2)c2ccc(O)c(OCCF)c2O1. The first kappa shape index (κ1) is 15.4. The van der Waals surface area contributed by atoms with Crippen molar-refractivity contribution >= 4 is 5.57 Å². The van der Waals surface area contributed by atoms with Crippen LogP contribution in [-0.2, 0) is 0 Å². The lowest BCUT2D eigenvalue weighted by molar-refractivity contribution is -0.0808. The van der Waals surface area contributed by atoms with Gasteiger partial charge in [-0.25, -0.2) is 4.39 Å². The van der Waals surface area contributed by atoms with Gasteiger partial charge < -0.3 is 19.7 Å². The average Bonchev–Trinajstić information content (AvgIpc) is 2.53. The molecule has 0 saturated carbocycles. The number of phenolic OH excluding ortho intramolecular Hbond substituents is 1. The number of rotatable bonds is 4. The summed E-state index contributed by atoms with van der Waals surface area (Å²) in [4.78, 5) is 0. The fourth-order valence-electron chi connectivity index (χ4n) is 2.58. The molecule has 0 aromatic heterocycles. The summed E-state index contributed by atoms with van der Waals surface area (Å²) in [5.41, 5.74) is 2.30. The smallest absolute Gasteiger partial charge is 0.226 e. The standard InChI is InChI=1S/C18H17FO4/c1-18(21)11-14(12-5-3-2-4-6-12)13-7-8-15(20)17(16(13)23-18)22-10-9-19/h2-8,11,20-21H,9-10H2,1H3. The van der Waals surface area contributed by atoms with Gasteiger partial charge in [0.05, 0.1) is 0 Å². The van der Waals surface area contributed by atoms with E-state index in [4.69, 9.17) is 9.47 Å². The Hall–Kier alpha value is -2.53. The maximum absolute atomic E-state index is 12.4. The number of fused-ring (bicyclic) bond motifs is 1. The highest BCUT2D eigenvalue weighted by atomic mass is 19.1. The van der Waals surface area contributed by atoms with Crippen molar-refractivity contribution in [2.45, 2.75) is 12.7 Å². The average molecular weight is 316 g/mol. The highest BCUT2D eigenvalue weighted by Crippen LogP contribution is 2.48. The molecule has 1 unspecified atom stereocenters.